The SMILES string of the molecule is CCOC(=O)c1cnc(Cl)cc1Nc1ccc2ccccc2c1Cl. The Balaban J connectivity index is 2.03. The maximum Gasteiger partial charge on any atom is 0.341 e. The van der Waals surface area contributed by atoms with Crippen LogP contribution < -0.4 is 5.32 Å². The van der Waals surface area contributed by atoms with E-state index in [0.29, 0.717) is 22.0 Å². The summed E-state index contributed by atoms with van der Waals surface area (Å²) in [5.41, 5.74) is 1.46. The second kappa shape index (κ2) is 7.07. The van der Waals surface area contributed by atoms with Gasteiger partial charge in [0.15, 0.2) is 0 Å². The maximum absolute atomic E-state index is 12.1. The lowest BCUT2D eigenvalue weighted by Crippen LogP contribution is -2.08. The van der Waals surface area contributed by atoms with Crippen molar-refractivity contribution >= 4 is 51.3 Å². The van der Waals surface area contributed by atoms with E-state index in [4.69, 9.17) is 27.9 Å². The number of ether oxygens (including phenoxy) is 1. The largest absolute Gasteiger partial charge is 0.462 e. The number of halogens is 2. The van der Waals surface area contributed by atoms with Crippen LogP contribution >= 0.6 is 23.2 Å². The predicted octanol–water partition coefficient (Wildman–Crippen LogP) is 5.46. The highest BCUT2D eigenvalue weighted by Gasteiger charge is 2.15. The van der Waals surface area contributed by atoms with Crippen LogP contribution in [0.3, 0.4) is 0 Å². The van der Waals surface area contributed by atoms with Gasteiger partial charge in [0.25, 0.3) is 0 Å². The number of aromatic nitrogens is 1. The highest BCUT2D eigenvalue weighted by molar-refractivity contribution is 6.38. The van der Waals surface area contributed by atoms with Crippen LogP contribution in [0.5, 0.6) is 0 Å². The molecule has 2 aromatic carbocycles. The summed E-state index contributed by atoms with van der Waals surface area (Å²) in [6, 6.07) is 13.2. The van der Waals surface area contributed by atoms with E-state index < -0.39 is 5.97 Å². The number of hydrogen-bond acceptors (Lipinski definition) is 4. The van der Waals surface area contributed by atoms with Crippen molar-refractivity contribution in [2.75, 3.05) is 11.9 Å². The zero-order valence-electron chi connectivity index (χ0n) is 12.8. The molecule has 3 rings (SSSR count). The number of benzene rings is 2. The van der Waals surface area contributed by atoms with Crippen LogP contribution in [-0.4, -0.2) is 17.6 Å². The standard InChI is InChI=1S/C18H14Cl2N2O2/c1-2-24-18(23)13-10-21-16(19)9-15(13)22-14-8-7-11-5-3-4-6-12(11)17(14)20/h3-10H,2H2,1H3,(H,21,22). The Kier molecular flexibility index (Phi) is 4.88. The van der Waals surface area contributed by atoms with Crippen molar-refractivity contribution < 1.29 is 9.53 Å². The fourth-order valence-corrected chi connectivity index (χ4v) is 2.82. The molecule has 3 aromatic rings. The Morgan fingerprint density at radius 2 is 1.96 bits per heavy atom. The number of nitrogens with one attached hydrogen (secondary N) is 1. The maximum atomic E-state index is 12.1. The normalized spacial score (nSPS) is 10.6. The van der Waals surface area contributed by atoms with Crippen LogP contribution in [0, 0.1) is 0 Å². The number of fused-ring (bicyclic) bond motifs is 1. The molecule has 122 valence electrons. The summed E-state index contributed by atoms with van der Waals surface area (Å²) in [5.74, 6) is -0.471. The van der Waals surface area contributed by atoms with Gasteiger partial charge in [-0.1, -0.05) is 53.5 Å². The van der Waals surface area contributed by atoms with Crippen LogP contribution in [0.2, 0.25) is 10.2 Å². The first-order valence-corrected chi connectivity index (χ1v) is 8.12. The molecule has 0 aliphatic carbocycles. The zero-order chi connectivity index (χ0) is 17.1. The molecule has 0 aliphatic heterocycles. The molecule has 0 fully saturated rings. The molecule has 0 spiro atoms. The topological polar surface area (TPSA) is 51.2 Å². The smallest absolute Gasteiger partial charge is 0.341 e. The number of anilines is 2. The number of pyridine rings is 1. The average Bonchev–Trinajstić information content (AvgIpc) is 2.58. The summed E-state index contributed by atoms with van der Waals surface area (Å²) in [6.07, 6.45) is 1.39. The van der Waals surface area contributed by atoms with Gasteiger partial charge >= 0.3 is 5.97 Å². The first-order chi connectivity index (χ1) is 11.6. The van der Waals surface area contributed by atoms with Gasteiger partial charge in [0.2, 0.25) is 0 Å². The van der Waals surface area contributed by atoms with E-state index in [2.05, 4.69) is 10.3 Å². The fourth-order valence-electron chi connectivity index (χ4n) is 2.38. The summed E-state index contributed by atoms with van der Waals surface area (Å²) in [7, 11) is 0. The summed E-state index contributed by atoms with van der Waals surface area (Å²) < 4.78 is 5.05. The molecular formula is C18H14Cl2N2O2. The van der Waals surface area contributed by atoms with Crippen LogP contribution in [-0.2, 0) is 4.74 Å². The van der Waals surface area contributed by atoms with Crippen LogP contribution in [0.1, 0.15) is 17.3 Å². The highest BCUT2D eigenvalue weighted by atomic mass is 35.5. The van der Waals surface area contributed by atoms with E-state index in [9.17, 15) is 4.79 Å². The van der Waals surface area contributed by atoms with Crippen molar-refractivity contribution in [2.45, 2.75) is 6.92 Å². The molecule has 0 unspecified atom stereocenters. The lowest BCUT2D eigenvalue weighted by Gasteiger charge is -2.14. The van der Waals surface area contributed by atoms with Crippen LogP contribution in [0.15, 0.2) is 48.7 Å². The fraction of sp³-hybridized carbons (Fsp3) is 0.111. The molecular weight excluding hydrogens is 347 g/mol. The molecule has 0 saturated carbocycles. The summed E-state index contributed by atoms with van der Waals surface area (Å²) in [4.78, 5) is 16.0. The molecule has 1 aromatic heterocycles. The molecule has 24 heavy (non-hydrogen) atoms. The van der Waals surface area contributed by atoms with E-state index in [0.717, 1.165) is 10.8 Å². The highest BCUT2D eigenvalue weighted by Crippen LogP contribution is 2.34. The Morgan fingerprint density at radius 3 is 2.75 bits per heavy atom. The molecule has 0 amide bonds. The minimum absolute atomic E-state index is 0.266. The Hall–Kier alpha value is -2.30. The third-order valence-corrected chi connectivity index (χ3v) is 4.11. The molecule has 1 heterocycles. The molecule has 1 N–H and O–H groups in total. The minimum Gasteiger partial charge on any atom is -0.462 e. The first kappa shape index (κ1) is 16.6. The van der Waals surface area contributed by atoms with Crippen molar-refractivity contribution in [3.8, 4) is 0 Å². The molecule has 0 atom stereocenters. The van der Waals surface area contributed by atoms with Crippen LogP contribution in [0.25, 0.3) is 10.8 Å². The molecule has 0 bridgehead atoms. The van der Waals surface area contributed by atoms with Crippen molar-refractivity contribution in [3.63, 3.8) is 0 Å². The summed E-state index contributed by atoms with van der Waals surface area (Å²) >= 11 is 12.5. The van der Waals surface area contributed by atoms with Gasteiger partial charge in [0.05, 0.1) is 23.0 Å². The third-order valence-electron chi connectivity index (χ3n) is 3.50. The van der Waals surface area contributed by atoms with Crippen molar-refractivity contribution in [1.82, 2.24) is 4.98 Å². The van der Waals surface area contributed by atoms with Gasteiger partial charge in [-0.25, -0.2) is 9.78 Å². The quantitative estimate of drug-likeness (QED) is 0.495. The van der Waals surface area contributed by atoms with Crippen molar-refractivity contribution in [1.29, 1.82) is 0 Å². The van der Waals surface area contributed by atoms with Gasteiger partial charge in [-0.05, 0) is 24.4 Å². The molecule has 0 radical (unpaired) electrons. The minimum atomic E-state index is -0.471. The Morgan fingerprint density at radius 1 is 1.17 bits per heavy atom. The van der Waals surface area contributed by atoms with Crippen LogP contribution in [0.4, 0.5) is 11.4 Å². The lowest BCUT2D eigenvalue weighted by molar-refractivity contribution is 0.0527. The predicted molar refractivity (Wildman–Crippen MR) is 97.4 cm³/mol. The first-order valence-electron chi connectivity index (χ1n) is 7.37. The van der Waals surface area contributed by atoms with Gasteiger partial charge in [-0.3, -0.25) is 0 Å². The van der Waals surface area contributed by atoms with Gasteiger partial charge in [0, 0.05) is 11.6 Å². The molecule has 0 saturated heterocycles. The number of carbonyl (C=O) groups excluding carboxylic acids is 1. The zero-order valence-corrected chi connectivity index (χ0v) is 14.4. The van der Waals surface area contributed by atoms with Gasteiger partial charge in [-0.2, -0.15) is 0 Å². The number of esters is 1. The molecule has 4 nitrogen and oxygen atoms in total. The number of carbonyl (C=O) groups is 1. The Bertz CT molecular complexity index is 913. The van der Waals surface area contributed by atoms with E-state index >= 15 is 0 Å². The van der Waals surface area contributed by atoms with Gasteiger partial charge < -0.3 is 10.1 Å². The second-order valence-corrected chi connectivity index (χ2v) is 5.81. The second-order valence-electron chi connectivity index (χ2n) is 5.05. The molecule has 6 heteroatoms. The monoisotopic (exact) mass is 360 g/mol. The van der Waals surface area contributed by atoms with E-state index in [1.165, 1.54) is 6.20 Å². The van der Waals surface area contributed by atoms with Gasteiger partial charge in [-0.15, -0.1) is 0 Å². The van der Waals surface area contributed by atoms with Gasteiger partial charge in [0.1, 0.15) is 10.7 Å². The number of rotatable bonds is 4. The van der Waals surface area contributed by atoms with E-state index in [1.807, 2.05) is 36.4 Å². The van der Waals surface area contributed by atoms with E-state index in [-0.39, 0.29) is 11.8 Å². The molecule has 0 aliphatic rings. The Labute approximate surface area is 149 Å². The average molecular weight is 361 g/mol. The van der Waals surface area contributed by atoms with Crippen molar-refractivity contribution in [2.24, 2.45) is 0 Å². The lowest BCUT2D eigenvalue weighted by atomic mass is 10.1. The number of hydrogen-bond donors (Lipinski definition) is 1. The summed E-state index contributed by atoms with van der Waals surface area (Å²) in [5, 5.41) is 5.94. The third kappa shape index (κ3) is 3.30. The summed E-state index contributed by atoms with van der Waals surface area (Å²) in [6.45, 7) is 2.02. The van der Waals surface area contributed by atoms with Crippen molar-refractivity contribution in [3.05, 3.63) is 64.4 Å². The number of nitrogens with zero attached hydrogens (tertiary/aromatic N) is 1. The van der Waals surface area contributed by atoms with E-state index in [1.54, 1.807) is 13.0 Å².